The number of alkyl halides is 2. The SMILES string of the molecule is Nc1cccc2c1C(=O)N(CCOCC(F)F)C2=O. The normalized spacial score (nSPS) is 14.4. The van der Waals surface area contributed by atoms with E-state index >= 15 is 0 Å². The Morgan fingerprint density at radius 2 is 2.00 bits per heavy atom. The lowest BCUT2D eigenvalue weighted by atomic mass is 10.1. The maximum Gasteiger partial charge on any atom is 0.263 e. The second kappa shape index (κ2) is 5.31. The van der Waals surface area contributed by atoms with Crippen LogP contribution < -0.4 is 5.73 Å². The highest BCUT2D eigenvalue weighted by Gasteiger charge is 2.36. The number of rotatable bonds is 5. The molecule has 102 valence electrons. The van der Waals surface area contributed by atoms with Gasteiger partial charge in [-0.15, -0.1) is 0 Å². The van der Waals surface area contributed by atoms with Gasteiger partial charge in [0.05, 0.1) is 24.3 Å². The first-order valence-electron chi connectivity index (χ1n) is 5.63. The number of nitrogens with zero attached hydrogens (tertiary/aromatic N) is 1. The van der Waals surface area contributed by atoms with Crippen molar-refractivity contribution < 1.29 is 23.1 Å². The molecule has 0 saturated carbocycles. The van der Waals surface area contributed by atoms with E-state index in [0.717, 1.165) is 4.90 Å². The molecule has 2 amide bonds. The number of nitrogen functional groups attached to an aromatic ring is 1. The van der Waals surface area contributed by atoms with Gasteiger partial charge in [-0.25, -0.2) is 8.78 Å². The molecule has 0 bridgehead atoms. The summed E-state index contributed by atoms with van der Waals surface area (Å²) < 4.78 is 28.4. The van der Waals surface area contributed by atoms with Gasteiger partial charge in [-0.05, 0) is 12.1 Å². The van der Waals surface area contributed by atoms with Crippen molar-refractivity contribution in [2.24, 2.45) is 0 Å². The molecule has 0 atom stereocenters. The van der Waals surface area contributed by atoms with Gasteiger partial charge in [0.1, 0.15) is 6.61 Å². The number of benzene rings is 1. The van der Waals surface area contributed by atoms with Crippen LogP contribution in [0.2, 0.25) is 0 Å². The third-order valence-corrected chi connectivity index (χ3v) is 2.73. The predicted molar refractivity (Wildman–Crippen MR) is 63.0 cm³/mol. The zero-order valence-electron chi connectivity index (χ0n) is 9.94. The summed E-state index contributed by atoms with van der Waals surface area (Å²) in [5.74, 6) is -0.994. The van der Waals surface area contributed by atoms with Crippen LogP contribution in [0, 0.1) is 0 Å². The van der Waals surface area contributed by atoms with Crippen LogP contribution in [0.3, 0.4) is 0 Å². The Bertz CT molecular complexity index is 520. The molecule has 1 heterocycles. The average molecular weight is 270 g/mol. The zero-order valence-corrected chi connectivity index (χ0v) is 9.94. The minimum Gasteiger partial charge on any atom is -0.398 e. The summed E-state index contributed by atoms with van der Waals surface area (Å²) in [7, 11) is 0. The Hall–Kier alpha value is -2.02. The highest BCUT2D eigenvalue weighted by Crippen LogP contribution is 2.27. The van der Waals surface area contributed by atoms with Crippen LogP contribution in [0.1, 0.15) is 20.7 Å². The van der Waals surface area contributed by atoms with E-state index in [0.29, 0.717) is 0 Å². The number of halogens is 2. The molecular formula is C12H12F2N2O3. The summed E-state index contributed by atoms with van der Waals surface area (Å²) in [4.78, 5) is 24.9. The van der Waals surface area contributed by atoms with E-state index in [2.05, 4.69) is 4.74 Å². The van der Waals surface area contributed by atoms with E-state index in [9.17, 15) is 18.4 Å². The number of carbonyl (C=O) groups excluding carboxylic acids is 2. The van der Waals surface area contributed by atoms with Crippen molar-refractivity contribution in [3.63, 3.8) is 0 Å². The lowest BCUT2D eigenvalue weighted by Crippen LogP contribution is -2.33. The van der Waals surface area contributed by atoms with Crippen LogP contribution in [-0.4, -0.2) is 42.9 Å². The second-order valence-electron chi connectivity index (χ2n) is 4.00. The molecule has 0 fully saturated rings. The van der Waals surface area contributed by atoms with E-state index in [-0.39, 0.29) is 30.0 Å². The molecule has 7 heteroatoms. The molecule has 19 heavy (non-hydrogen) atoms. The van der Waals surface area contributed by atoms with Gasteiger partial charge in [-0.1, -0.05) is 6.07 Å². The fourth-order valence-electron chi connectivity index (χ4n) is 1.89. The van der Waals surface area contributed by atoms with Gasteiger partial charge >= 0.3 is 0 Å². The fraction of sp³-hybridized carbons (Fsp3) is 0.333. The number of fused-ring (bicyclic) bond motifs is 1. The lowest BCUT2D eigenvalue weighted by molar-refractivity contribution is 0.0112. The first kappa shape index (κ1) is 13.4. The third kappa shape index (κ3) is 2.55. The maximum absolute atomic E-state index is 12.0. The average Bonchev–Trinajstić information content (AvgIpc) is 2.59. The summed E-state index contributed by atoms with van der Waals surface area (Å²) in [5.41, 5.74) is 6.28. The smallest absolute Gasteiger partial charge is 0.263 e. The number of hydrogen-bond acceptors (Lipinski definition) is 4. The predicted octanol–water partition coefficient (Wildman–Crippen LogP) is 1.15. The number of nitrogens with two attached hydrogens (primary N) is 1. The molecule has 0 aliphatic carbocycles. The summed E-state index contributed by atoms with van der Waals surface area (Å²) in [6.45, 7) is -0.917. The van der Waals surface area contributed by atoms with Crippen molar-refractivity contribution in [2.45, 2.75) is 6.43 Å². The van der Waals surface area contributed by atoms with E-state index in [1.807, 2.05) is 0 Å². The van der Waals surface area contributed by atoms with Crippen molar-refractivity contribution in [1.29, 1.82) is 0 Å². The molecule has 2 N–H and O–H groups in total. The summed E-state index contributed by atoms with van der Waals surface area (Å²) >= 11 is 0. The summed E-state index contributed by atoms with van der Waals surface area (Å²) in [5, 5.41) is 0. The number of ether oxygens (including phenoxy) is 1. The van der Waals surface area contributed by atoms with Crippen LogP contribution in [0.25, 0.3) is 0 Å². The van der Waals surface area contributed by atoms with Crippen LogP contribution >= 0.6 is 0 Å². The Labute approximate surface area is 107 Å². The third-order valence-electron chi connectivity index (χ3n) is 2.73. The number of carbonyl (C=O) groups is 2. The van der Waals surface area contributed by atoms with Gasteiger partial charge in [-0.2, -0.15) is 0 Å². The molecule has 0 spiro atoms. The highest BCUT2D eigenvalue weighted by atomic mass is 19.3. The van der Waals surface area contributed by atoms with Crippen molar-refractivity contribution in [2.75, 3.05) is 25.5 Å². The number of imide groups is 1. The van der Waals surface area contributed by atoms with Gasteiger partial charge in [0.15, 0.2) is 0 Å². The number of anilines is 1. The first-order valence-corrected chi connectivity index (χ1v) is 5.63. The number of amides is 2. The van der Waals surface area contributed by atoms with E-state index in [1.54, 1.807) is 6.07 Å². The largest absolute Gasteiger partial charge is 0.398 e. The molecule has 5 nitrogen and oxygen atoms in total. The Morgan fingerprint density at radius 3 is 2.63 bits per heavy atom. The van der Waals surface area contributed by atoms with Crippen LogP contribution in [0.5, 0.6) is 0 Å². The van der Waals surface area contributed by atoms with Gasteiger partial charge in [0.2, 0.25) is 0 Å². The minimum absolute atomic E-state index is 0.0709. The molecule has 2 rings (SSSR count). The van der Waals surface area contributed by atoms with E-state index < -0.39 is 24.8 Å². The Morgan fingerprint density at radius 1 is 1.26 bits per heavy atom. The molecule has 1 aliphatic heterocycles. The molecule has 0 saturated heterocycles. The van der Waals surface area contributed by atoms with E-state index in [4.69, 9.17) is 5.73 Å². The standard InChI is InChI=1S/C12H12F2N2O3/c13-9(14)6-19-5-4-16-11(17)7-2-1-3-8(15)10(7)12(16)18/h1-3,9H,4-6,15H2. The van der Waals surface area contributed by atoms with Gasteiger partial charge < -0.3 is 10.5 Å². The Balaban J connectivity index is 2.04. The van der Waals surface area contributed by atoms with Crippen LogP contribution in [0.4, 0.5) is 14.5 Å². The first-order chi connectivity index (χ1) is 9.02. The molecular weight excluding hydrogens is 258 g/mol. The van der Waals surface area contributed by atoms with Gasteiger partial charge in [-0.3, -0.25) is 14.5 Å². The maximum atomic E-state index is 12.0. The van der Waals surface area contributed by atoms with Gasteiger partial charge in [0.25, 0.3) is 18.2 Å². The van der Waals surface area contributed by atoms with Crippen molar-refractivity contribution >= 4 is 17.5 Å². The minimum atomic E-state index is -2.57. The Kier molecular flexibility index (Phi) is 3.75. The molecule has 1 aliphatic rings. The quantitative estimate of drug-likeness (QED) is 0.495. The number of hydrogen-bond donors (Lipinski definition) is 1. The van der Waals surface area contributed by atoms with Crippen molar-refractivity contribution in [1.82, 2.24) is 4.90 Å². The second-order valence-corrected chi connectivity index (χ2v) is 4.00. The van der Waals surface area contributed by atoms with Gasteiger partial charge in [0, 0.05) is 5.69 Å². The topological polar surface area (TPSA) is 72.6 Å². The zero-order chi connectivity index (χ0) is 14.0. The molecule has 0 radical (unpaired) electrons. The molecule has 0 aromatic heterocycles. The molecule has 0 unspecified atom stereocenters. The fourth-order valence-corrected chi connectivity index (χ4v) is 1.89. The summed E-state index contributed by atoms with van der Waals surface area (Å²) in [6.07, 6.45) is -2.57. The van der Waals surface area contributed by atoms with Crippen LogP contribution in [0.15, 0.2) is 18.2 Å². The van der Waals surface area contributed by atoms with Crippen molar-refractivity contribution in [3.8, 4) is 0 Å². The van der Waals surface area contributed by atoms with E-state index in [1.165, 1.54) is 12.1 Å². The lowest BCUT2D eigenvalue weighted by Gasteiger charge is -2.13. The van der Waals surface area contributed by atoms with Crippen molar-refractivity contribution in [3.05, 3.63) is 29.3 Å². The summed E-state index contributed by atoms with van der Waals surface area (Å²) in [6, 6.07) is 4.61. The monoisotopic (exact) mass is 270 g/mol. The molecule has 1 aromatic carbocycles. The molecule has 1 aromatic rings. The van der Waals surface area contributed by atoms with Crippen LogP contribution in [-0.2, 0) is 4.74 Å². The highest BCUT2D eigenvalue weighted by molar-refractivity contribution is 6.23.